The molecule has 0 aliphatic rings. The molecule has 0 aliphatic heterocycles. The Morgan fingerprint density at radius 3 is 2.67 bits per heavy atom. The highest BCUT2D eigenvalue weighted by Crippen LogP contribution is 2.01. The molecule has 15 heavy (non-hydrogen) atoms. The predicted octanol–water partition coefficient (Wildman–Crippen LogP) is 0.765. The summed E-state index contributed by atoms with van der Waals surface area (Å²) >= 11 is 0. The summed E-state index contributed by atoms with van der Waals surface area (Å²) in [4.78, 5) is 17.2. The molecule has 1 heterocycles. The number of rotatable bonds is 4. The number of nitrogens with one attached hydrogen (secondary N) is 2. The van der Waals surface area contributed by atoms with Gasteiger partial charge in [-0.3, -0.25) is 4.98 Å². The molecule has 5 heteroatoms. The summed E-state index contributed by atoms with van der Waals surface area (Å²) in [6, 6.07) is 3.29. The van der Waals surface area contributed by atoms with Crippen LogP contribution >= 0.6 is 0 Å². The Morgan fingerprint density at radius 1 is 1.40 bits per heavy atom. The van der Waals surface area contributed by atoms with Crippen molar-refractivity contribution in [3.05, 3.63) is 24.5 Å². The van der Waals surface area contributed by atoms with Gasteiger partial charge in [-0.15, -0.1) is 0 Å². The quantitative estimate of drug-likeness (QED) is 0.768. The maximum atomic E-state index is 11.3. The summed E-state index contributed by atoms with van der Waals surface area (Å²) in [5.41, 5.74) is 0.743. The number of hydrogen-bond donors (Lipinski definition) is 2. The van der Waals surface area contributed by atoms with Crippen molar-refractivity contribution in [2.24, 2.45) is 0 Å². The standard InChI is InChI=1S/C10H16N4O/c1-14(2)8-7-12-10(15)13-9-3-5-11-6-4-9/h3-6H,7-8H2,1-2H3,(H2,11,12,13,15). The molecule has 0 aromatic carbocycles. The van der Waals surface area contributed by atoms with E-state index in [9.17, 15) is 4.79 Å². The van der Waals surface area contributed by atoms with Crippen LogP contribution < -0.4 is 10.6 Å². The van der Waals surface area contributed by atoms with Gasteiger partial charge in [-0.25, -0.2) is 4.79 Å². The first-order valence-electron chi connectivity index (χ1n) is 4.78. The lowest BCUT2D eigenvalue weighted by Gasteiger charge is -2.11. The molecule has 0 saturated heterocycles. The van der Waals surface area contributed by atoms with Crippen LogP contribution in [0.3, 0.4) is 0 Å². The van der Waals surface area contributed by atoms with Crippen molar-refractivity contribution in [2.75, 3.05) is 32.5 Å². The van der Waals surface area contributed by atoms with E-state index in [1.807, 2.05) is 19.0 Å². The smallest absolute Gasteiger partial charge is 0.319 e. The van der Waals surface area contributed by atoms with Crippen LogP contribution in [0.15, 0.2) is 24.5 Å². The molecule has 2 amide bonds. The number of amides is 2. The minimum absolute atomic E-state index is 0.192. The number of nitrogens with zero attached hydrogens (tertiary/aromatic N) is 2. The molecule has 0 aliphatic carbocycles. The maximum absolute atomic E-state index is 11.3. The van der Waals surface area contributed by atoms with Crippen LogP contribution in [0.2, 0.25) is 0 Å². The molecule has 0 atom stereocenters. The van der Waals surface area contributed by atoms with Crippen LogP contribution in [0.1, 0.15) is 0 Å². The van der Waals surface area contributed by atoms with Crippen LogP contribution in [-0.4, -0.2) is 43.1 Å². The number of anilines is 1. The molecule has 0 bridgehead atoms. The second-order valence-corrected chi connectivity index (χ2v) is 3.42. The van der Waals surface area contributed by atoms with Crippen LogP contribution in [0.5, 0.6) is 0 Å². The van der Waals surface area contributed by atoms with Crippen LogP contribution in [-0.2, 0) is 0 Å². The first-order chi connectivity index (χ1) is 7.18. The fourth-order valence-corrected chi connectivity index (χ4v) is 1.00. The van der Waals surface area contributed by atoms with Crippen molar-refractivity contribution in [2.45, 2.75) is 0 Å². The topological polar surface area (TPSA) is 57.3 Å². The van der Waals surface area contributed by atoms with Crippen molar-refractivity contribution in [1.82, 2.24) is 15.2 Å². The summed E-state index contributed by atoms with van der Waals surface area (Å²) in [7, 11) is 3.92. The summed E-state index contributed by atoms with van der Waals surface area (Å²) in [6.45, 7) is 1.45. The molecule has 1 aromatic heterocycles. The third kappa shape index (κ3) is 4.97. The largest absolute Gasteiger partial charge is 0.337 e. The minimum atomic E-state index is -0.192. The molecule has 2 N–H and O–H groups in total. The first kappa shape index (κ1) is 11.5. The van der Waals surface area contributed by atoms with E-state index in [2.05, 4.69) is 15.6 Å². The van der Waals surface area contributed by atoms with Gasteiger partial charge in [-0.05, 0) is 26.2 Å². The SMILES string of the molecule is CN(C)CCNC(=O)Nc1ccncc1. The van der Waals surface area contributed by atoms with Gasteiger partial charge in [0, 0.05) is 31.2 Å². The summed E-state index contributed by atoms with van der Waals surface area (Å²) in [5, 5.41) is 5.46. The lowest BCUT2D eigenvalue weighted by Crippen LogP contribution is -2.34. The molecule has 5 nitrogen and oxygen atoms in total. The van der Waals surface area contributed by atoms with Gasteiger partial charge in [-0.1, -0.05) is 0 Å². The van der Waals surface area contributed by atoms with Crippen LogP contribution in [0.25, 0.3) is 0 Å². The van der Waals surface area contributed by atoms with Gasteiger partial charge in [0.2, 0.25) is 0 Å². The van der Waals surface area contributed by atoms with Crippen LogP contribution in [0.4, 0.5) is 10.5 Å². The van der Waals surface area contributed by atoms with Gasteiger partial charge in [-0.2, -0.15) is 0 Å². The third-order valence-corrected chi connectivity index (χ3v) is 1.78. The van der Waals surface area contributed by atoms with E-state index in [1.54, 1.807) is 24.5 Å². The minimum Gasteiger partial charge on any atom is -0.337 e. The average Bonchev–Trinajstić information content (AvgIpc) is 2.18. The number of pyridine rings is 1. The van der Waals surface area contributed by atoms with E-state index in [0.717, 1.165) is 12.2 Å². The number of carbonyl (C=O) groups is 1. The molecule has 0 spiro atoms. The van der Waals surface area contributed by atoms with Gasteiger partial charge >= 0.3 is 6.03 Å². The van der Waals surface area contributed by atoms with Crippen molar-refractivity contribution < 1.29 is 4.79 Å². The first-order valence-corrected chi connectivity index (χ1v) is 4.78. The van der Waals surface area contributed by atoms with Gasteiger partial charge in [0.15, 0.2) is 0 Å². The normalized spacial score (nSPS) is 10.1. The molecule has 0 saturated carbocycles. The lowest BCUT2D eigenvalue weighted by atomic mass is 10.4. The highest BCUT2D eigenvalue weighted by molar-refractivity contribution is 5.88. The summed E-state index contributed by atoms with van der Waals surface area (Å²) in [6.07, 6.45) is 3.27. The molecule has 1 rings (SSSR count). The van der Waals surface area contributed by atoms with E-state index in [1.165, 1.54) is 0 Å². The third-order valence-electron chi connectivity index (χ3n) is 1.78. The zero-order valence-corrected chi connectivity index (χ0v) is 9.03. The fourth-order valence-electron chi connectivity index (χ4n) is 1.00. The van der Waals surface area contributed by atoms with Crippen molar-refractivity contribution in [1.29, 1.82) is 0 Å². The number of carbonyl (C=O) groups excluding carboxylic acids is 1. The van der Waals surface area contributed by atoms with Crippen LogP contribution in [0, 0.1) is 0 Å². The predicted molar refractivity (Wildman–Crippen MR) is 59.8 cm³/mol. The maximum Gasteiger partial charge on any atom is 0.319 e. The van der Waals surface area contributed by atoms with Gasteiger partial charge in [0.1, 0.15) is 0 Å². The number of likely N-dealkylation sites (N-methyl/N-ethyl adjacent to an activating group) is 1. The molecular weight excluding hydrogens is 192 g/mol. The molecule has 0 radical (unpaired) electrons. The monoisotopic (exact) mass is 208 g/mol. The van der Waals surface area contributed by atoms with Gasteiger partial charge < -0.3 is 15.5 Å². The van der Waals surface area contributed by atoms with E-state index in [0.29, 0.717) is 6.54 Å². The second-order valence-electron chi connectivity index (χ2n) is 3.42. The highest BCUT2D eigenvalue weighted by Gasteiger charge is 1.99. The zero-order chi connectivity index (χ0) is 11.1. The van der Waals surface area contributed by atoms with E-state index in [4.69, 9.17) is 0 Å². The fraction of sp³-hybridized carbons (Fsp3) is 0.400. The van der Waals surface area contributed by atoms with E-state index >= 15 is 0 Å². The second kappa shape index (κ2) is 5.98. The summed E-state index contributed by atoms with van der Waals surface area (Å²) < 4.78 is 0. The number of aromatic nitrogens is 1. The van der Waals surface area contributed by atoms with E-state index < -0.39 is 0 Å². The van der Waals surface area contributed by atoms with Crippen molar-refractivity contribution >= 4 is 11.7 Å². The average molecular weight is 208 g/mol. The number of urea groups is 1. The number of hydrogen-bond acceptors (Lipinski definition) is 3. The lowest BCUT2D eigenvalue weighted by molar-refractivity contribution is 0.250. The molecular formula is C10H16N4O. The Kier molecular flexibility index (Phi) is 4.56. The Morgan fingerprint density at radius 2 is 2.07 bits per heavy atom. The Balaban J connectivity index is 2.25. The zero-order valence-electron chi connectivity index (χ0n) is 9.03. The Bertz CT molecular complexity index is 300. The molecule has 0 fully saturated rings. The highest BCUT2D eigenvalue weighted by atomic mass is 16.2. The summed E-state index contributed by atoms with van der Waals surface area (Å²) in [5.74, 6) is 0. The Hall–Kier alpha value is -1.62. The van der Waals surface area contributed by atoms with Crippen molar-refractivity contribution in [3.8, 4) is 0 Å². The van der Waals surface area contributed by atoms with Gasteiger partial charge in [0.05, 0.1) is 0 Å². The molecule has 82 valence electrons. The molecule has 1 aromatic rings. The van der Waals surface area contributed by atoms with Gasteiger partial charge in [0.25, 0.3) is 0 Å². The van der Waals surface area contributed by atoms with E-state index in [-0.39, 0.29) is 6.03 Å². The van der Waals surface area contributed by atoms with Crippen molar-refractivity contribution in [3.63, 3.8) is 0 Å². The molecule has 0 unspecified atom stereocenters. The Labute approximate surface area is 89.5 Å².